The molecule has 1 aromatic heterocycles. The monoisotopic (exact) mass is 280 g/mol. The molecule has 2 N–H and O–H groups in total. The van der Waals surface area contributed by atoms with Gasteiger partial charge in [0.05, 0.1) is 12.8 Å². The van der Waals surface area contributed by atoms with Crippen molar-refractivity contribution in [2.45, 2.75) is 51.2 Å². The predicted octanol–water partition coefficient (Wildman–Crippen LogP) is 2.21. The molecule has 1 aliphatic rings. The summed E-state index contributed by atoms with van der Waals surface area (Å²) in [6.07, 6.45) is 3.78. The second-order valence-corrected chi connectivity index (χ2v) is 5.36. The molecule has 0 aromatic carbocycles. The van der Waals surface area contributed by atoms with E-state index in [0.717, 1.165) is 12.8 Å². The van der Waals surface area contributed by atoms with Crippen LogP contribution in [0.2, 0.25) is 0 Å². The van der Waals surface area contributed by atoms with Crippen LogP contribution in [0.5, 0.6) is 0 Å². The lowest BCUT2D eigenvalue weighted by Gasteiger charge is -2.29. The maximum absolute atomic E-state index is 12.3. The molecule has 2 amide bonds. The highest BCUT2D eigenvalue weighted by molar-refractivity contribution is 5.86. The zero-order valence-corrected chi connectivity index (χ0v) is 11.8. The fourth-order valence-electron chi connectivity index (χ4n) is 1.92. The summed E-state index contributed by atoms with van der Waals surface area (Å²) >= 11 is 0. The number of nitrogens with one attached hydrogen (secondary N) is 1. The number of amides is 2. The van der Waals surface area contributed by atoms with E-state index in [9.17, 15) is 14.7 Å². The second kappa shape index (κ2) is 5.56. The number of carbonyl (C=O) groups is 2. The van der Waals surface area contributed by atoms with Crippen LogP contribution in [0, 0.1) is 0 Å². The smallest absolute Gasteiger partial charge is 0.329 e. The van der Waals surface area contributed by atoms with Crippen LogP contribution in [0.4, 0.5) is 4.79 Å². The van der Waals surface area contributed by atoms with Gasteiger partial charge in [0.15, 0.2) is 0 Å². The summed E-state index contributed by atoms with van der Waals surface area (Å²) in [5.41, 5.74) is -1.24. The van der Waals surface area contributed by atoms with Gasteiger partial charge in [0.25, 0.3) is 0 Å². The number of carbonyl (C=O) groups excluding carboxylic acids is 1. The lowest BCUT2D eigenvalue weighted by atomic mass is 10.00. The summed E-state index contributed by atoms with van der Waals surface area (Å²) in [4.78, 5) is 25.2. The zero-order chi connectivity index (χ0) is 14.8. The largest absolute Gasteiger partial charge is 0.480 e. The number of carboxylic acid groups (broad SMARTS) is 1. The number of rotatable bonds is 6. The number of urea groups is 1. The molecule has 1 atom stereocenters. The molecule has 0 radical (unpaired) electrons. The maximum Gasteiger partial charge on any atom is 0.329 e. The van der Waals surface area contributed by atoms with E-state index in [2.05, 4.69) is 5.32 Å². The molecule has 20 heavy (non-hydrogen) atoms. The normalized spacial score (nSPS) is 17.3. The van der Waals surface area contributed by atoms with Crippen molar-refractivity contribution in [3.05, 3.63) is 24.2 Å². The van der Waals surface area contributed by atoms with Gasteiger partial charge in [-0.15, -0.1) is 0 Å². The molecule has 1 saturated carbocycles. The van der Waals surface area contributed by atoms with Gasteiger partial charge in [0, 0.05) is 6.04 Å². The first kappa shape index (κ1) is 14.4. The third kappa shape index (κ3) is 3.12. The Morgan fingerprint density at radius 1 is 1.55 bits per heavy atom. The van der Waals surface area contributed by atoms with Gasteiger partial charge in [-0.3, -0.25) is 0 Å². The Balaban J connectivity index is 2.06. The van der Waals surface area contributed by atoms with Crippen molar-refractivity contribution in [3.8, 4) is 0 Å². The number of hydrogen-bond acceptors (Lipinski definition) is 3. The summed E-state index contributed by atoms with van der Waals surface area (Å²) in [7, 11) is 0. The molecule has 1 fully saturated rings. The van der Waals surface area contributed by atoms with E-state index in [0.29, 0.717) is 18.7 Å². The Morgan fingerprint density at radius 3 is 2.70 bits per heavy atom. The van der Waals surface area contributed by atoms with Gasteiger partial charge in [0.1, 0.15) is 11.3 Å². The molecule has 2 rings (SSSR count). The Bertz CT molecular complexity index is 481. The molecular weight excluding hydrogens is 260 g/mol. The highest BCUT2D eigenvalue weighted by Gasteiger charge is 2.38. The highest BCUT2D eigenvalue weighted by atomic mass is 16.4. The van der Waals surface area contributed by atoms with Crippen LogP contribution >= 0.6 is 0 Å². The lowest BCUT2D eigenvalue weighted by Crippen LogP contribution is -2.56. The van der Waals surface area contributed by atoms with Crippen molar-refractivity contribution in [2.75, 3.05) is 0 Å². The minimum absolute atomic E-state index is 0.176. The van der Waals surface area contributed by atoms with Crippen molar-refractivity contribution < 1.29 is 19.1 Å². The van der Waals surface area contributed by atoms with Crippen LogP contribution in [-0.2, 0) is 11.3 Å². The SMILES string of the molecule is CCC(C)(NC(=O)N(Cc1ccco1)C1CC1)C(=O)O. The topological polar surface area (TPSA) is 82.8 Å². The van der Waals surface area contributed by atoms with E-state index in [1.807, 2.05) is 0 Å². The standard InChI is InChI=1S/C14H20N2O4/c1-3-14(2,12(17)18)15-13(19)16(10-6-7-10)9-11-5-4-8-20-11/h4-5,8,10H,3,6-7,9H2,1-2H3,(H,15,19)(H,17,18). The molecule has 6 heteroatoms. The highest BCUT2D eigenvalue weighted by Crippen LogP contribution is 2.29. The van der Waals surface area contributed by atoms with Gasteiger partial charge in [0.2, 0.25) is 0 Å². The average Bonchev–Trinajstić information content (AvgIpc) is 3.12. The van der Waals surface area contributed by atoms with E-state index >= 15 is 0 Å². The van der Waals surface area contributed by atoms with E-state index < -0.39 is 11.5 Å². The molecule has 6 nitrogen and oxygen atoms in total. The minimum atomic E-state index is -1.24. The van der Waals surface area contributed by atoms with E-state index in [1.54, 1.807) is 30.2 Å². The first-order valence-corrected chi connectivity index (χ1v) is 6.81. The Labute approximate surface area is 117 Å². The fourth-order valence-corrected chi connectivity index (χ4v) is 1.92. The van der Waals surface area contributed by atoms with Crippen LogP contribution < -0.4 is 5.32 Å². The van der Waals surface area contributed by atoms with Gasteiger partial charge in [-0.05, 0) is 38.3 Å². The third-order valence-electron chi connectivity index (χ3n) is 3.72. The summed E-state index contributed by atoms with van der Waals surface area (Å²) in [6, 6.07) is 3.40. The average molecular weight is 280 g/mol. The lowest BCUT2D eigenvalue weighted by molar-refractivity contribution is -0.143. The van der Waals surface area contributed by atoms with Gasteiger partial charge >= 0.3 is 12.0 Å². The summed E-state index contributed by atoms with van der Waals surface area (Å²) in [6.45, 7) is 3.62. The quantitative estimate of drug-likeness (QED) is 0.837. The fraction of sp³-hybridized carbons (Fsp3) is 0.571. The predicted molar refractivity (Wildman–Crippen MR) is 72.1 cm³/mol. The van der Waals surface area contributed by atoms with Crippen molar-refractivity contribution in [3.63, 3.8) is 0 Å². The number of furan rings is 1. The maximum atomic E-state index is 12.3. The van der Waals surface area contributed by atoms with Crippen molar-refractivity contribution in [1.29, 1.82) is 0 Å². The van der Waals surface area contributed by atoms with Crippen LogP contribution in [0.25, 0.3) is 0 Å². The van der Waals surface area contributed by atoms with Crippen molar-refractivity contribution in [2.24, 2.45) is 0 Å². The molecule has 1 unspecified atom stereocenters. The number of carboxylic acids is 1. The van der Waals surface area contributed by atoms with Crippen LogP contribution in [0.3, 0.4) is 0 Å². The van der Waals surface area contributed by atoms with Gasteiger partial charge in [-0.2, -0.15) is 0 Å². The van der Waals surface area contributed by atoms with E-state index in [4.69, 9.17) is 4.42 Å². The molecular formula is C14H20N2O4. The molecule has 1 aliphatic carbocycles. The van der Waals surface area contributed by atoms with Gasteiger partial charge in [-0.25, -0.2) is 9.59 Å². The summed E-state index contributed by atoms with van der Waals surface area (Å²) < 4.78 is 5.26. The summed E-state index contributed by atoms with van der Waals surface area (Å²) in [5.74, 6) is -0.331. The summed E-state index contributed by atoms with van der Waals surface area (Å²) in [5, 5.41) is 11.8. The third-order valence-corrected chi connectivity index (χ3v) is 3.72. The number of aliphatic carboxylic acids is 1. The second-order valence-electron chi connectivity index (χ2n) is 5.36. The first-order valence-electron chi connectivity index (χ1n) is 6.81. The van der Waals surface area contributed by atoms with E-state index in [-0.39, 0.29) is 12.1 Å². The zero-order valence-electron chi connectivity index (χ0n) is 11.8. The Kier molecular flexibility index (Phi) is 4.01. The molecule has 1 heterocycles. The van der Waals surface area contributed by atoms with E-state index in [1.165, 1.54) is 6.92 Å². The van der Waals surface area contributed by atoms with Gasteiger partial charge in [-0.1, -0.05) is 6.92 Å². The molecule has 110 valence electrons. The molecule has 0 bridgehead atoms. The number of hydrogen-bond donors (Lipinski definition) is 2. The first-order chi connectivity index (χ1) is 9.46. The molecule has 0 saturated heterocycles. The minimum Gasteiger partial charge on any atom is -0.480 e. The number of nitrogens with zero attached hydrogens (tertiary/aromatic N) is 1. The molecule has 0 spiro atoms. The Hall–Kier alpha value is -1.98. The van der Waals surface area contributed by atoms with Crippen LogP contribution in [0.1, 0.15) is 38.9 Å². The van der Waals surface area contributed by atoms with Crippen LogP contribution in [0.15, 0.2) is 22.8 Å². The van der Waals surface area contributed by atoms with Gasteiger partial charge < -0.3 is 19.7 Å². The van der Waals surface area contributed by atoms with Crippen molar-refractivity contribution >= 4 is 12.0 Å². The Morgan fingerprint density at radius 2 is 2.25 bits per heavy atom. The van der Waals surface area contributed by atoms with Crippen LogP contribution in [-0.4, -0.2) is 33.6 Å². The molecule has 1 aromatic rings. The van der Waals surface area contributed by atoms with Crippen molar-refractivity contribution in [1.82, 2.24) is 10.2 Å². The molecule has 0 aliphatic heterocycles.